The van der Waals surface area contributed by atoms with E-state index in [4.69, 9.17) is 0 Å². The molecule has 2 aliphatic heterocycles. The highest BCUT2D eigenvalue weighted by atomic mass is 79.9. The Bertz CT molecular complexity index is 982. The summed E-state index contributed by atoms with van der Waals surface area (Å²) in [5.41, 5.74) is 2.50. The standard InChI is InChI=1S/C23H24BrN3O3/c1-15-8-10-26(11-9-15)13-16-2-5-18(6-3-16)25-21(28)14-27-22(29)19-7-4-17(24)12-20(19)23(27)30/h2-7,12,15H,8-11,13-14H2,1H3,(H,25,28). The van der Waals surface area contributed by atoms with Crippen LogP contribution in [0.2, 0.25) is 0 Å². The number of amides is 3. The number of rotatable bonds is 5. The smallest absolute Gasteiger partial charge is 0.262 e. The van der Waals surface area contributed by atoms with Crippen molar-refractivity contribution in [1.82, 2.24) is 9.80 Å². The molecule has 2 heterocycles. The number of carbonyl (C=O) groups is 3. The van der Waals surface area contributed by atoms with Crippen LogP contribution in [-0.2, 0) is 11.3 Å². The summed E-state index contributed by atoms with van der Waals surface area (Å²) < 4.78 is 0.716. The number of piperidine rings is 1. The zero-order chi connectivity index (χ0) is 21.3. The van der Waals surface area contributed by atoms with Crippen LogP contribution in [0.3, 0.4) is 0 Å². The molecule has 30 heavy (non-hydrogen) atoms. The normalized spacial score (nSPS) is 17.3. The van der Waals surface area contributed by atoms with Crippen LogP contribution in [0.5, 0.6) is 0 Å². The van der Waals surface area contributed by atoms with Crippen molar-refractivity contribution in [3.8, 4) is 0 Å². The van der Waals surface area contributed by atoms with E-state index in [2.05, 4.69) is 33.1 Å². The Morgan fingerprint density at radius 2 is 1.70 bits per heavy atom. The number of nitrogens with zero attached hydrogens (tertiary/aromatic N) is 2. The minimum absolute atomic E-state index is 0.308. The zero-order valence-electron chi connectivity index (χ0n) is 16.9. The molecule has 2 aromatic rings. The van der Waals surface area contributed by atoms with Gasteiger partial charge in [0.25, 0.3) is 11.8 Å². The molecular formula is C23H24BrN3O3. The fourth-order valence-corrected chi connectivity index (χ4v) is 4.28. The van der Waals surface area contributed by atoms with E-state index in [0.717, 1.165) is 30.5 Å². The second-order valence-corrected chi connectivity index (χ2v) is 9.01. The van der Waals surface area contributed by atoms with Gasteiger partial charge in [0.05, 0.1) is 11.1 Å². The van der Waals surface area contributed by atoms with Gasteiger partial charge < -0.3 is 5.32 Å². The first kappa shape index (κ1) is 20.8. The van der Waals surface area contributed by atoms with Crippen LogP contribution in [0, 0.1) is 5.92 Å². The fraction of sp³-hybridized carbons (Fsp3) is 0.348. The molecule has 1 fully saturated rings. The summed E-state index contributed by atoms with van der Waals surface area (Å²) in [6, 6.07) is 12.6. The number of imide groups is 1. The van der Waals surface area contributed by atoms with Gasteiger partial charge in [0.15, 0.2) is 0 Å². The topological polar surface area (TPSA) is 69.7 Å². The van der Waals surface area contributed by atoms with Crippen molar-refractivity contribution in [3.63, 3.8) is 0 Å². The van der Waals surface area contributed by atoms with Crippen LogP contribution in [0.25, 0.3) is 0 Å². The molecule has 3 amide bonds. The molecule has 0 aromatic heterocycles. The highest BCUT2D eigenvalue weighted by molar-refractivity contribution is 9.10. The lowest BCUT2D eigenvalue weighted by atomic mass is 9.99. The van der Waals surface area contributed by atoms with Crippen LogP contribution in [0.15, 0.2) is 46.9 Å². The number of nitrogens with one attached hydrogen (secondary N) is 1. The SMILES string of the molecule is CC1CCN(Cc2ccc(NC(=O)CN3C(=O)c4ccc(Br)cc4C3=O)cc2)CC1. The molecule has 0 radical (unpaired) electrons. The molecular weight excluding hydrogens is 446 g/mol. The third-order valence-corrected chi connectivity index (χ3v) is 6.25. The Balaban J connectivity index is 1.33. The average Bonchev–Trinajstić information content (AvgIpc) is 2.95. The lowest BCUT2D eigenvalue weighted by Crippen LogP contribution is -2.37. The molecule has 156 valence electrons. The first-order valence-electron chi connectivity index (χ1n) is 10.2. The first-order chi connectivity index (χ1) is 14.4. The molecule has 0 spiro atoms. The Morgan fingerprint density at radius 1 is 1.03 bits per heavy atom. The summed E-state index contributed by atoms with van der Waals surface area (Å²) in [5, 5.41) is 2.78. The fourth-order valence-electron chi connectivity index (χ4n) is 3.92. The predicted molar refractivity (Wildman–Crippen MR) is 118 cm³/mol. The number of hydrogen-bond acceptors (Lipinski definition) is 4. The number of halogens is 1. The van der Waals surface area contributed by atoms with Gasteiger partial charge in [-0.3, -0.25) is 24.2 Å². The molecule has 1 N–H and O–H groups in total. The van der Waals surface area contributed by atoms with Gasteiger partial charge in [-0.05, 0) is 67.7 Å². The predicted octanol–water partition coefficient (Wildman–Crippen LogP) is 3.92. The molecule has 2 aliphatic rings. The van der Waals surface area contributed by atoms with Crippen LogP contribution in [-0.4, -0.2) is 47.2 Å². The lowest BCUT2D eigenvalue weighted by Gasteiger charge is -2.30. The number of fused-ring (bicyclic) bond motifs is 1. The second-order valence-electron chi connectivity index (χ2n) is 8.09. The summed E-state index contributed by atoms with van der Waals surface area (Å²) in [5.74, 6) is -0.481. The number of anilines is 1. The lowest BCUT2D eigenvalue weighted by molar-refractivity contribution is -0.116. The maximum Gasteiger partial charge on any atom is 0.262 e. The molecule has 2 aromatic carbocycles. The minimum Gasteiger partial charge on any atom is -0.325 e. The average molecular weight is 470 g/mol. The molecule has 0 unspecified atom stereocenters. The molecule has 4 rings (SSSR count). The van der Waals surface area contributed by atoms with Gasteiger partial charge in [0.2, 0.25) is 5.91 Å². The van der Waals surface area contributed by atoms with Crippen LogP contribution < -0.4 is 5.32 Å². The molecule has 1 saturated heterocycles. The number of likely N-dealkylation sites (tertiary alicyclic amines) is 1. The molecule has 0 aliphatic carbocycles. The Kier molecular flexibility index (Phi) is 6.01. The first-order valence-corrected chi connectivity index (χ1v) is 11.0. The molecule has 0 saturated carbocycles. The van der Waals surface area contributed by atoms with E-state index in [1.165, 1.54) is 18.4 Å². The molecule has 0 atom stereocenters. The van der Waals surface area contributed by atoms with Crippen LogP contribution in [0.4, 0.5) is 5.69 Å². The maximum atomic E-state index is 12.5. The number of benzene rings is 2. The van der Waals surface area contributed by atoms with Crippen molar-refractivity contribution in [2.24, 2.45) is 5.92 Å². The number of hydrogen-bond donors (Lipinski definition) is 1. The molecule has 0 bridgehead atoms. The van der Waals surface area contributed by atoms with Crippen molar-refractivity contribution in [2.45, 2.75) is 26.3 Å². The number of carbonyl (C=O) groups excluding carboxylic acids is 3. The second kappa shape index (κ2) is 8.70. The van der Waals surface area contributed by atoms with Gasteiger partial charge in [-0.1, -0.05) is 35.0 Å². The third-order valence-electron chi connectivity index (χ3n) is 5.75. The molecule has 7 heteroatoms. The monoisotopic (exact) mass is 469 g/mol. The van der Waals surface area contributed by atoms with Gasteiger partial charge in [-0.2, -0.15) is 0 Å². The van der Waals surface area contributed by atoms with E-state index in [9.17, 15) is 14.4 Å². The highest BCUT2D eigenvalue weighted by Gasteiger charge is 2.36. The van der Waals surface area contributed by atoms with Crippen molar-refractivity contribution in [3.05, 3.63) is 63.6 Å². The van der Waals surface area contributed by atoms with Gasteiger partial charge in [-0.15, -0.1) is 0 Å². The Hall–Kier alpha value is -2.51. The van der Waals surface area contributed by atoms with Crippen molar-refractivity contribution in [1.29, 1.82) is 0 Å². The van der Waals surface area contributed by atoms with E-state index < -0.39 is 17.7 Å². The Morgan fingerprint density at radius 3 is 2.40 bits per heavy atom. The van der Waals surface area contributed by atoms with E-state index in [1.54, 1.807) is 18.2 Å². The van der Waals surface area contributed by atoms with E-state index in [1.807, 2.05) is 24.3 Å². The van der Waals surface area contributed by atoms with E-state index in [0.29, 0.717) is 21.3 Å². The Labute approximate surface area is 184 Å². The van der Waals surface area contributed by atoms with Gasteiger partial charge in [0.1, 0.15) is 6.54 Å². The van der Waals surface area contributed by atoms with Crippen molar-refractivity contribution in [2.75, 3.05) is 25.0 Å². The van der Waals surface area contributed by atoms with Gasteiger partial charge in [0, 0.05) is 16.7 Å². The van der Waals surface area contributed by atoms with Crippen LogP contribution in [0.1, 0.15) is 46.0 Å². The quantitative estimate of drug-likeness (QED) is 0.673. The highest BCUT2D eigenvalue weighted by Crippen LogP contribution is 2.26. The summed E-state index contributed by atoms with van der Waals surface area (Å²) in [6.45, 7) is 5.14. The van der Waals surface area contributed by atoms with Crippen LogP contribution >= 0.6 is 15.9 Å². The van der Waals surface area contributed by atoms with E-state index >= 15 is 0 Å². The van der Waals surface area contributed by atoms with Crippen molar-refractivity contribution < 1.29 is 14.4 Å². The third kappa shape index (κ3) is 4.47. The largest absolute Gasteiger partial charge is 0.325 e. The maximum absolute atomic E-state index is 12.5. The van der Waals surface area contributed by atoms with Gasteiger partial charge >= 0.3 is 0 Å². The summed E-state index contributed by atoms with van der Waals surface area (Å²) in [6.07, 6.45) is 2.48. The minimum atomic E-state index is -0.447. The molecule has 6 nitrogen and oxygen atoms in total. The zero-order valence-corrected chi connectivity index (χ0v) is 18.4. The summed E-state index contributed by atoms with van der Waals surface area (Å²) in [4.78, 5) is 40.8. The van der Waals surface area contributed by atoms with E-state index in [-0.39, 0.29) is 6.54 Å². The van der Waals surface area contributed by atoms with Gasteiger partial charge in [-0.25, -0.2) is 0 Å². The van der Waals surface area contributed by atoms with Crippen molar-refractivity contribution >= 4 is 39.3 Å². The summed E-state index contributed by atoms with van der Waals surface area (Å²) >= 11 is 3.30. The summed E-state index contributed by atoms with van der Waals surface area (Å²) in [7, 11) is 0.